The van der Waals surface area contributed by atoms with Crippen LogP contribution < -0.4 is 10.1 Å². The molecule has 9 heteroatoms. The van der Waals surface area contributed by atoms with Crippen molar-refractivity contribution in [1.82, 2.24) is 29.4 Å². The van der Waals surface area contributed by atoms with Gasteiger partial charge in [-0.05, 0) is 53.4 Å². The predicted octanol–water partition coefficient (Wildman–Crippen LogP) is 4.64. The molecule has 1 aliphatic rings. The molecule has 0 aliphatic carbocycles. The number of benzene rings is 1. The quantitative estimate of drug-likeness (QED) is 0.414. The number of anilines is 2. The van der Waals surface area contributed by atoms with E-state index in [-0.39, 0.29) is 5.92 Å². The fraction of sp³-hybridized carbons (Fsp3) is 0.167. The second-order valence-corrected chi connectivity index (χ2v) is 8.51. The summed E-state index contributed by atoms with van der Waals surface area (Å²) < 4.78 is 9.93. The lowest BCUT2D eigenvalue weighted by Crippen LogP contribution is -2.22. The molecular formula is C24H20ClN7O. The summed E-state index contributed by atoms with van der Waals surface area (Å²) in [5.74, 6) is 3.34. The Morgan fingerprint density at radius 1 is 1.06 bits per heavy atom. The Hall–Kier alpha value is -3.91. The van der Waals surface area contributed by atoms with E-state index in [9.17, 15) is 0 Å². The number of rotatable bonds is 5. The Labute approximate surface area is 194 Å². The minimum Gasteiger partial charge on any atom is -0.478 e. The van der Waals surface area contributed by atoms with Crippen LogP contribution in [0.5, 0.6) is 5.88 Å². The number of nitrogens with one attached hydrogen (secondary N) is 1. The Balaban J connectivity index is 1.32. The van der Waals surface area contributed by atoms with Crippen molar-refractivity contribution in [1.29, 1.82) is 0 Å². The van der Waals surface area contributed by atoms with Gasteiger partial charge in [0.2, 0.25) is 5.88 Å². The number of nitrogens with zero attached hydrogens (tertiary/aromatic N) is 6. The van der Waals surface area contributed by atoms with Crippen molar-refractivity contribution >= 4 is 28.9 Å². The van der Waals surface area contributed by atoms with E-state index in [1.54, 1.807) is 17.1 Å². The highest BCUT2D eigenvalue weighted by Crippen LogP contribution is 2.34. The predicted molar refractivity (Wildman–Crippen MR) is 126 cm³/mol. The lowest BCUT2D eigenvalue weighted by molar-refractivity contribution is 0.245. The fourth-order valence-electron chi connectivity index (χ4n) is 4.21. The van der Waals surface area contributed by atoms with Gasteiger partial charge >= 0.3 is 0 Å². The SMILES string of the molecule is Cn1nccc1Nc1cc(-c2cc3n4c(nnc4c2)C(Cc2cccc(Cl)c2)CO3)ccn1. The maximum absolute atomic E-state index is 6.17. The van der Waals surface area contributed by atoms with E-state index < -0.39 is 0 Å². The van der Waals surface area contributed by atoms with E-state index >= 15 is 0 Å². The number of hydrogen-bond acceptors (Lipinski definition) is 6. The summed E-state index contributed by atoms with van der Waals surface area (Å²) in [5.41, 5.74) is 3.90. The van der Waals surface area contributed by atoms with E-state index in [1.165, 1.54) is 0 Å². The van der Waals surface area contributed by atoms with Gasteiger partial charge in [-0.15, -0.1) is 10.2 Å². The van der Waals surface area contributed by atoms with Crippen molar-refractivity contribution in [3.8, 4) is 17.0 Å². The van der Waals surface area contributed by atoms with Crippen LogP contribution in [0, 0.1) is 0 Å². The number of hydrogen-bond donors (Lipinski definition) is 1. The van der Waals surface area contributed by atoms with Gasteiger partial charge in [0.05, 0.1) is 12.1 Å². The molecule has 4 aromatic heterocycles. The first kappa shape index (κ1) is 19.8. The van der Waals surface area contributed by atoms with Gasteiger partial charge in [-0.1, -0.05) is 23.7 Å². The number of pyridine rings is 2. The maximum Gasteiger partial charge on any atom is 0.201 e. The summed E-state index contributed by atoms with van der Waals surface area (Å²) in [5, 5.41) is 17.2. The van der Waals surface area contributed by atoms with Gasteiger partial charge in [0.1, 0.15) is 24.1 Å². The minimum absolute atomic E-state index is 0.104. The molecule has 6 rings (SSSR count). The van der Waals surface area contributed by atoms with Crippen molar-refractivity contribution < 1.29 is 4.74 Å². The Morgan fingerprint density at radius 2 is 2.00 bits per heavy atom. The molecule has 0 fully saturated rings. The smallest absolute Gasteiger partial charge is 0.201 e. The molecular weight excluding hydrogens is 438 g/mol. The number of aryl methyl sites for hydroxylation is 1. The fourth-order valence-corrected chi connectivity index (χ4v) is 4.42. The van der Waals surface area contributed by atoms with Gasteiger partial charge in [-0.3, -0.25) is 4.68 Å². The standard InChI is InChI=1S/C24H20ClN7O/c1-31-21(6-8-27-31)28-20-11-16(5-7-26-20)17-12-22-29-30-24-18(14-33-23(13-17)32(22)24)9-15-3-2-4-19(25)10-15/h2-8,10-13,18H,9,14H2,1H3,(H,26,28). The zero-order valence-corrected chi connectivity index (χ0v) is 18.6. The third kappa shape index (κ3) is 3.68. The molecule has 8 nitrogen and oxygen atoms in total. The number of ether oxygens (including phenoxy) is 1. The molecule has 1 aliphatic heterocycles. The second-order valence-electron chi connectivity index (χ2n) is 8.07. The highest BCUT2D eigenvalue weighted by atomic mass is 35.5. The molecule has 1 N–H and O–H groups in total. The van der Waals surface area contributed by atoms with Gasteiger partial charge in [-0.25, -0.2) is 9.38 Å². The summed E-state index contributed by atoms with van der Waals surface area (Å²) in [7, 11) is 1.88. The molecule has 0 saturated heterocycles. The minimum atomic E-state index is 0.104. The molecule has 164 valence electrons. The van der Waals surface area contributed by atoms with Gasteiger partial charge in [0.15, 0.2) is 5.65 Å². The van der Waals surface area contributed by atoms with Crippen molar-refractivity contribution in [2.45, 2.75) is 12.3 Å². The maximum atomic E-state index is 6.17. The third-order valence-corrected chi connectivity index (χ3v) is 6.07. The van der Waals surface area contributed by atoms with Gasteiger partial charge < -0.3 is 10.1 Å². The molecule has 33 heavy (non-hydrogen) atoms. The van der Waals surface area contributed by atoms with Crippen molar-refractivity contribution in [2.24, 2.45) is 7.05 Å². The molecule has 0 radical (unpaired) electrons. The molecule has 0 saturated carbocycles. The molecule has 0 amide bonds. The number of halogens is 1. The number of aromatic nitrogens is 6. The zero-order chi connectivity index (χ0) is 22.4. The second kappa shape index (κ2) is 7.90. The first-order valence-corrected chi connectivity index (χ1v) is 11.0. The highest BCUT2D eigenvalue weighted by Gasteiger charge is 2.27. The molecule has 5 heterocycles. The molecule has 0 spiro atoms. The van der Waals surface area contributed by atoms with Crippen molar-refractivity contribution in [3.63, 3.8) is 0 Å². The summed E-state index contributed by atoms with van der Waals surface area (Å²) in [4.78, 5) is 4.43. The summed E-state index contributed by atoms with van der Waals surface area (Å²) in [6, 6.07) is 17.8. The Kier molecular flexibility index (Phi) is 4.73. The van der Waals surface area contributed by atoms with Gasteiger partial charge in [-0.2, -0.15) is 5.10 Å². The van der Waals surface area contributed by atoms with E-state index in [4.69, 9.17) is 16.3 Å². The molecule has 0 bridgehead atoms. The van der Waals surface area contributed by atoms with Crippen LogP contribution in [0.2, 0.25) is 5.02 Å². The molecule has 5 aromatic rings. The average Bonchev–Trinajstić information content (AvgIpc) is 3.43. The van der Waals surface area contributed by atoms with Crippen LogP contribution in [0.25, 0.3) is 16.8 Å². The largest absolute Gasteiger partial charge is 0.478 e. The Morgan fingerprint density at radius 3 is 2.85 bits per heavy atom. The van der Waals surface area contributed by atoms with Crippen molar-refractivity contribution in [2.75, 3.05) is 11.9 Å². The topological polar surface area (TPSA) is 82.2 Å². The monoisotopic (exact) mass is 457 g/mol. The third-order valence-electron chi connectivity index (χ3n) is 5.84. The zero-order valence-electron chi connectivity index (χ0n) is 17.8. The van der Waals surface area contributed by atoms with E-state index in [2.05, 4.69) is 31.7 Å². The highest BCUT2D eigenvalue weighted by molar-refractivity contribution is 6.30. The Bertz CT molecular complexity index is 1470. The molecule has 1 atom stereocenters. The van der Waals surface area contributed by atoms with Crippen LogP contribution >= 0.6 is 11.6 Å². The van der Waals surface area contributed by atoms with E-state index in [0.717, 1.165) is 57.1 Å². The molecule has 1 unspecified atom stereocenters. The van der Waals surface area contributed by atoms with Crippen LogP contribution in [0.1, 0.15) is 17.3 Å². The van der Waals surface area contributed by atoms with Gasteiger partial charge in [0.25, 0.3) is 0 Å². The first-order chi connectivity index (χ1) is 16.1. The lowest BCUT2D eigenvalue weighted by atomic mass is 9.98. The van der Waals surface area contributed by atoms with E-state index in [0.29, 0.717) is 6.61 Å². The van der Waals surface area contributed by atoms with Crippen molar-refractivity contribution in [3.05, 3.63) is 83.4 Å². The van der Waals surface area contributed by atoms with Crippen LogP contribution in [0.4, 0.5) is 11.6 Å². The van der Waals surface area contributed by atoms with Crippen LogP contribution in [-0.4, -0.2) is 36.0 Å². The molecule has 1 aromatic carbocycles. The van der Waals surface area contributed by atoms with Crippen LogP contribution in [-0.2, 0) is 13.5 Å². The van der Waals surface area contributed by atoms with Crippen LogP contribution in [0.15, 0.2) is 67.0 Å². The normalized spacial score (nSPS) is 14.9. The lowest BCUT2D eigenvalue weighted by Gasteiger charge is -2.23. The first-order valence-electron chi connectivity index (χ1n) is 10.6. The average molecular weight is 458 g/mol. The van der Waals surface area contributed by atoms with E-state index in [1.807, 2.05) is 60.0 Å². The summed E-state index contributed by atoms with van der Waals surface area (Å²) >= 11 is 6.16. The van der Waals surface area contributed by atoms with Gasteiger partial charge in [0, 0.05) is 30.4 Å². The summed E-state index contributed by atoms with van der Waals surface area (Å²) in [6.07, 6.45) is 4.31. The summed E-state index contributed by atoms with van der Waals surface area (Å²) in [6.45, 7) is 0.535. The van der Waals surface area contributed by atoms with Crippen LogP contribution in [0.3, 0.4) is 0 Å².